The molecule has 2 heterocycles. The molecule has 4 N–H and O–H groups in total. The van der Waals surface area contributed by atoms with Crippen LogP contribution in [-0.2, 0) is 0 Å². The highest BCUT2D eigenvalue weighted by Gasteiger charge is 2.18. The molecule has 1 aromatic heterocycles. The molecule has 0 saturated carbocycles. The van der Waals surface area contributed by atoms with Gasteiger partial charge in [-0.05, 0) is 38.1 Å². The monoisotopic (exact) mass is 216 g/mol. The van der Waals surface area contributed by atoms with Crippen LogP contribution >= 0.6 is 0 Å². The molecule has 1 aromatic carbocycles. The number of nitrogens with one attached hydrogen (secondary N) is 2. The Labute approximate surface area is 94.3 Å². The molecular formula is C12H16N4. The average Bonchev–Trinajstić information content (AvgIpc) is 2.76. The Hall–Kier alpha value is -1.55. The average molecular weight is 216 g/mol. The Bertz CT molecular complexity index is 497. The number of hydrogen-bond donors (Lipinski definition) is 3. The van der Waals surface area contributed by atoms with Crippen molar-refractivity contribution in [2.45, 2.75) is 18.8 Å². The van der Waals surface area contributed by atoms with Gasteiger partial charge >= 0.3 is 0 Å². The maximum atomic E-state index is 5.90. The summed E-state index contributed by atoms with van der Waals surface area (Å²) in [5.41, 5.74) is 8.63. The Morgan fingerprint density at radius 2 is 2.06 bits per heavy atom. The molecule has 0 amide bonds. The summed E-state index contributed by atoms with van der Waals surface area (Å²) in [4.78, 5) is 8.01. The van der Waals surface area contributed by atoms with Gasteiger partial charge in [0.1, 0.15) is 11.3 Å². The van der Waals surface area contributed by atoms with E-state index in [2.05, 4.69) is 15.3 Å². The fraction of sp³-hybridized carbons (Fsp3) is 0.417. The topological polar surface area (TPSA) is 66.7 Å². The van der Waals surface area contributed by atoms with Gasteiger partial charge < -0.3 is 16.0 Å². The van der Waals surface area contributed by atoms with E-state index in [1.54, 1.807) is 0 Å². The van der Waals surface area contributed by atoms with Crippen molar-refractivity contribution in [2.24, 2.45) is 0 Å². The summed E-state index contributed by atoms with van der Waals surface area (Å²) >= 11 is 0. The lowest BCUT2D eigenvalue weighted by Gasteiger charge is -2.20. The minimum absolute atomic E-state index is 0.549. The predicted molar refractivity (Wildman–Crippen MR) is 65.4 cm³/mol. The molecule has 3 rings (SSSR count). The third-order valence-electron chi connectivity index (χ3n) is 3.29. The first-order valence-electron chi connectivity index (χ1n) is 5.79. The first-order valence-corrected chi connectivity index (χ1v) is 5.79. The van der Waals surface area contributed by atoms with Crippen LogP contribution in [0.1, 0.15) is 24.6 Å². The van der Waals surface area contributed by atoms with Gasteiger partial charge in [0.05, 0.1) is 11.2 Å². The smallest absolute Gasteiger partial charge is 0.111 e. The van der Waals surface area contributed by atoms with Crippen LogP contribution in [0.3, 0.4) is 0 Å². The predicted octanol–water partition coefficient (Wildman–Crippen LogP) is 1.61. The molecule has 0 spiro atoms. The lowest BCUT2D eigenvalue weighted by atomic mass is 9.98. The van der Waals surface area contributed by atoms with Gasteiger partial charge in [-0.15, -0.1) is 0 Å². The zero-order valence-corrected chi connectivity index (χ0v) is 9.16. The minimum Gasteiger partial charge on any atom is -0.397 e. The van der Waals surface area contributed by atoms with Crippen molar-refractivity contribution < 1.29 is 0 Å². The van der Waals surface area contributed by atoms with Crippen LogP contribution in [0.25, 0.3) is 11.0 Å². The second kappa shape index (κ2) is 3.79. The number of anilines is 1. The number of piperidine rings is 1. The molecule has 1 aliphatic rings. The molecule has 1 saturated heterocycles. The number of aromatic amines is 1. The van der Waals surface area contributed by atoms with Crippen LogP contribution in [0.15, 0.2) is 18.2 Å². The molecular weight excluding hydrogens is 200 g/mol. The van der Waals surface area contributed by atoms with Gasteiger partial charge in [-0.3, -0.25) is 0 Å². The van der Waals surface area contributed by atoms with E-state index in [0.717, 1.165) is 48.5 Å². The van der Waals surface area contributed by atoms with Crippen LogP contribution in [0.4, 0.5) is 5.69 Å². The second-order valence-corrected chi connectivity index (χ2v) is 4.39. The zero-order chi connectivity index (χ0) is 11.0. The Morgan fingerprint density at radius 1 is 1.25 bits per heavy atom. The maximum absolute atomic E-state index is 5.90. The molecule has 16 heavy (non-hydrogen) atoms. The molecule has 0 atom stereocenters. The molecule has 0 bridgehead atoms. The summed E-state index contributed by atoms with van der Waals surface area (Å²) < 4.78 is 0. The van der Waals surface area contributed by atoms with Crippen molar-refractivity contribution in [3.63, 3.8) is 0 Å². The largest absolute Gasteiger partial charge is 0.397 e. The van der Waals surface area contributed by atoms with Crippen molar-refractivity contribution >= 4 is 16.7 Å². The molecule has 2 aromatic rings. The molecule has 1 fully saturated rings. The van der Waals surface area contributed by atoms with Crippen molar-refractivity contribution in [3.05, 3.63) is 24.0 Å². The number of nitrogens with two attached hydrogens (primary N) is 1. The minimum atomic E-state index is 0.549. The van der Waals surface area contributed by atoms with Crippen molar-refractivity contribution in [1.29, 1.82) is 0 Å². The summed E-state index contributed by atoms with van der Waals surface area (Å²) in [6.45, 7) is 2.16. The van der Waals surface area contributed by atoms with E-state index < -0.39 is 0 Å². The zero-order valence-electron chi connectivity index (χ0n) is 9.16. The summed E-state index contributed by atoms with van der Waals surface area (Å²) in [5.74, 6) is 1.64. The van der Waals surface area contributed by atoms with E-state index >= 15 is 0 Å². The first kappa shape index (κ1) is 9.66. The van der Waals surface area contributed by atoms with Crippen LogP contribution in [0.2, 0.25) is 0 Å². The van der Waals surface area contributed by atoms with E-state index in [4.69, 9.17) is 5.73 Å². The molecule has 0 radical (unpaired) electrons. The lowest BCUT2D eigenvalue weighted by Crippen LogP contribution is -2.27. The SMILES string of the molecule is Nc1cccc2[nH]c(C3CCNCC3)nc12. The highest BCUT2D eigenvalue weighted by molar-refractivity contribution is 5.86. The van der Waals surface area contributed by atoms with E-state index in [-0.39, 0.29) is 0 Å². The van der Waals surface area contributed by atoms with Gasteiger partial charge in [0.25, 0.3) is 0 Å². The van der Waals surface area contributed by atoms with Crippen molar-refractivity contribution in [1.82, 2.24) is 15.3 Å². The number of aromatic nitrogens is 2. The molecule has 4 heteroatoms. The van der Waals surface area contributed by atoms with Gasteiger partial charge in [0, 0.05) is 5.92 Å². The number of para-hydroxylation sites is 1. The lowest BCUT2D eigenvalue weighted by molar-refractivity contribution is 0.448. The van der Waals surface area contributed by atoms with Gasteiger partial charge in [0.15, 0.2) is 0 Å². The van der Waals surface area contributed by atoms with Crippen LogP contribution in [0.5, 0.6) is 0 Å². The normalized spacial score (nSPS) is 18.0. The highest BCUT2D eigenvalue weighted by Crippen LogP contribution is 2.26. The second-order valence-electron chi connectivity index (χ2n) is 4.39. The number of fused-ring (bicyclic) bond motifs is 1. The summed E-state index contributed by atoms with van der Waals surface area (Å²) in [6.07, 6.45) is 2.31. The Balaban J connectivity index is 2.01. The molecule has 0 unspecified atom stereocenters. The number of benzene rings is 1. The number of nitrogen functional groups attached to an aromatic ring is 1. The van der Waals surface area contributed by atoms with Crippen LogP contribution in [-0.4, -0.2) is 23.1 Å². The van der Waals surface area contributed by atoms with Crippen molar-refractivity contribution in [3.8, 4) is 0 Å². The first-order chi connectivity index (χ1) is 7.84. The number of imidazole rings is 1. The quantitative estimate of drug-likeness (QED) is 0.634. The van der Waals surface area contributed by atoms with Gasteiger partial charge in [0.2, 0.25) is 0 Å². The van der Waals surface area contributed by atoms with Crippen LogP contribution < -0.4 is 11.1 Å². The Morgan fingerprint density at radius 3 is 2.81 bits per heavy atom. The molecule has 1 aliphatic heterocycles. The third-order valence-corrected chi connectivity index (χ3v) is 3.29. The van der Waals surface area contributed by atoms with Crippen LogP contribution in [0, 0.1) is 0 Å². The molecule has 4 nitrogen and oxygen atoms in total. The fourth-order valence-electron chi connectivity index (χ4n) is 2.36. The fourth-order valence-corrected chi connectivity index (χ4v) is 2.36. The Kier molecular flexibility index (Phi) is 2.29. The molecule has 0 aliphatic carbocycles. The molecule has 84 valence electrons. The van der Waals surface area contributed by atoms with E-state index in [9.17, 15) is 0 Å². The third kappa shape index (κ3) is 1.55. The van der Waals surface area contributed by atoms with Gasteiger partial charge in [-0.2, -0.15) is 0 Å². The number of hydrogen-bond acceptors (Lipinski definition) is 3. The summed E-state index contributed by atoms with van der Waals surface area (Å²) in [7, 11) is 0. The number of nitrogens with zero attached hydrogens (tertiary/aromatic N) is 1. The van der Waals surface area contributed by atoms with E-state index in [1.807, 2.05) is 18.2 Å². The maximum Gasteiger partial charge on any atom is 0.111 e. The standard InChI is InChI=1S/C12H16N4/c13-9-2-1-3-10-11(9)16-12(15-10)8-4-6-14-7-5-8/h1-3,8,14H,4-7,13H2,(H,15,16). The summed E-state index contributed by atoms with van der Waals surface area (Å²) in [6, 6.07) is 5.89. The van der Waals surface area contributed by atoms with E-state index in [0.29, 0.717) is 5.92 Å². The number of rotatable bonds is 1. The van der Waals surface area contributed by atoms with E-state index in [1.165, 1.54) is 0 Å². The number of H-pyrrole nitrogens is 1. The van der Waals surface area contributed by atoms with Gasteiger partial charge in [-0.25, -0.2) is 4.98 Å². The highest BCUT2D eigenvalue weighted by atomic mass is 15.0. The van der Waals surface area contributed by atoms with Crippen molar-refractivity contribution in [2.75, 3.05) is 18.8 Å². The van der Waals surface area contributed by atoms with Gasteiger partial charge in [-0.1, -0.05) is 6.07 Å². The summed E-state index contributed by atoms with van der Waals surface area (Å²) in [5, 5.41) is 3.36.